The molecule has 140 valence electrons. The van der Waals surface area contributed by atoms with Crippen molar-refractivity contribution in [1.82, 2.24) is 9.97 Å². The molecule has 3 aromatic rings. The molecule has 0 amide bonds. The molecular formula is C21H25N5O. The zero-order chi connectivity index (χ0) is 19.1. The van der Waals surface area contributed by atoms with Crippen molar-refractivity contribution in [3.63, 3.8) is 0 Å². The van der Waals surface area contributed by atoms with E-state index in [9.17, 15) is 0 Å². The molecule has 0 aliphatic heterocycles. The van der Waals surface area contributed by atoms with Crippen LogP contribution in [0.2, 0.25) is 0 Å². The number of rotatable bonds is 8. The minimum Gasteiger partial charge on any atom is -0.385 e. The second-order valence-corrected chi connectivity index (χ2v) is 6.27. The number of nitrogens with one attached hydrogen (secondary N) is 1. The van der Waals surface area contributed by atoms with Crippen molar-refractivity contribution in [2.75, 3.05) is 23.3 Å². The smallest absolute Gasteiger partial charge is 0.222 e. The van der Waals surface area contributed by atoms with E-state index in [2.05, 4.69) is 22.2 Å². The van der Waals surface area contributed by atoms with Gasteiger partial charge in [0.2, 0.25) is 5.95 Å². The van der Waals surface area contributed by atoms with Gasteiger partial charge >= 0.3 is 0 Å². The first-order valence-electron chi connectivity index (χ1n) is 9.05. The van der Waals surface area contributed by atoms with E-state index < -0.39 is 0 Å². The molecule has 0 atom stereocenters. The van der Waals surface area contributed by atoms with Gasteiger partial charge in [-0.2, -0.15) is 4.98 Å². The molecule has 0 fully saturated rings. The van der Waals surface area contributed by atoms with Gasteiger partial charge in [0.05, 0.1) is 18.9 Å². The van der Waals surface area contributed by atoms with E-state index in [-0.39, 0.29) is 5.95 Å². The lowest BCUT2D eigenvalue weighted by Gasteiger charge is -2.13. The molecule has 0 radical (unpaired) electrons. The summed E-state index contributed by atoms with van der Waals surface area (Å²) in [6.45, 7) is 3.86. The van der Waals surface area contributed by atoms with Gasteiger partial charge < -0.3 is 21.5 Å². The lowest BCUT2D eigenvalue weighted by atomic mass is 10.0. The average molecular weight is 363 g/mol. The van der Waals surface area contributed by atoms with Crippen LogP contribution < -0.4 is 16.8 Å². The molecule has 0 saturated heterocycles. The maximum absolute atomic E-state index is 6.15. The molecule has 27 heavy (non-hydrogen) atoms. The molecule has 6 nitrogen and oxygen atoms in total. The first-order chi connectivity index (χ1) is 13.2. The predicted molar refractivity (Wildman–Crippen MR) is 110 cm³/mol. The molecule has 0 aliphatic rings. The van der Waals surface area contributed by atoms with Gasteiger partial charge in [-0.05, 0) is 29.7 Å². The van der Waals surface area contributed by atoms with Crippen LogP contribution in [0.25, 0.3) is 11.1 Å². The molecule has 2 aromatic carbocycles. The Labute approximate surface area is 159 Å². The van der Waals surface area contributed by atoms with E-state index in [4.69, 9.17) is 16.2 Å². The van der Waals surface area contributed by atoms with Crippen LogP contribution in [-0.2, 0) is 18.0 Å². The van der Waals surface area contributed by atoms with Gasteiger partial charge in [0.1, 0.15) is 5.82 Å². The SMILES string of the molecule is CCCNc1ccc(-c2c(N)nc(N)nc2COCc2ccccc2)cc1. The quantitative estimate of drug-likeness (QED) is 0.562. The summed E-state index contributed by atoms with van der Waals surface area (Å²) in [7, 11) is 0. The first-order valence-corrected chi connectivity index (χ1v) is 9.05. The number of aromatic nitrogens is 2. The highest BCUT2D eigenvalue weighted by molar-refractivity contribution is 5.77. The summed E-state index contributed by atoms with van der Waals surface area (Å²) >= 11 is 0. The van der Waals surface area contributed by atoms with Gasteiger partial charge in [-0.25, -0.2) is 4.98 Å². The highest BCUT2D eigenvalue weighted by Gasteiger charge is 2.14. The Morgan fingerprint density at radius 3 is 2.37 bits per heavy atom. The molecule has 0 saturated carbocycles. The summed E-state index contributed by atoms with van der Waals surface area (Å²) in [6.07, 6.45) is 1.07. The van der Waals surface area contributed by atoms with Crippen LogP contribution >= 0.6 is 0 Å². The highest BCUT2D eigenvalue weighted by Crippen LogP contribution is 2.30. The van der Waals surface area contributed by atoms with Crippen molar-refractivity contribution in [2.45, 2.75) is 26.6 Å². The van der Waals surface area contributed by atoms with Crippen molar-refractivity contribution in [2.24, 2.45) is 0 Å². The second kappa shape index (κ2) is 9.00. The Morgan fingerprint density at radius 2 is 1.67 bits per heavy atom. The standard InChI is InChI=1S/C21H25N5O/c1-2-12-24-17-10-8-16(9-11-17)19-18(25-21(23)26-20(19)22)14-27-13-15-6-4-3-5-7-15/h3-11,24H,2,12-14H2,1H3,(H4,22,23,25,26). The van der Waals surface area contributed by atoms with Crippen LogP contribution in [0, 0.1) is 0 Å². The molecule has 0 unspecified atom stereocenters. The number of ether oxygens (including phenoxy) is 1. The van der Waals surface area contributed by atoms with Crippen molar-refractivity contribution < 1.29 is 4.74 Å². The van der Waals surface area contributed by atoms with Gasteiger partial charge in [0.15, 0.2) is 0 Å². The normalized spacial score (nSPS) is 10.7. The molecule has 0 aliphatic carbocycles. The minimum atomic E-state index is 0.149. The number of nitrogens with zero attached hydrogens (tertiary/aromatic N) is 2. The largest absolute Gasteiger partial charge is 0.385 e. The van der Waals surface area contributed by atoms with Crippen LogP contribution in [0.1, 0.15) is 24.6 Å². The van der Waals surface area contributed by atoms with Gasteiger partial charge in [0.25, 0.3) is 0 Å². The molecule has 3 rings (SSSR count). The van der Waals surface area contributed by atoms with Gasteiger partial charge in [-0.3, -0.25) is 0 Å². The maximum atomic E-state index is 6.15. The lowest BCUT2D eigenvalue weighted by molar-refractivity contribution is 0.105. The van der Waals surface area contributed by atoms with E-state index in [0.717, 1.165) is 35.3 Å². The van der Waals surface area contributed by atoms with Crippen molar-refractivity contribution in [3.8, 4) is 11.1 Å². The fraction of sp³-hybridized carbons (Fsp3) is 0.238. The summed E-state index contributed by atoms with van der Waals surface area (Å²) < 4.78 is 5.84. The second-order valence-electron chi connectivity index (χ2n) is 6.27. The third-order valence-corrected chi connectivity index (χ3v) is 4.13. The first kappa shape index (κ1) is 18.7. The Kier molecular flexibility index (Phi) is 6.22. The summed E-state index contributed by atoms with van der Waals surface area (Å²) in [5, 5.41) is 3.36. The van der Waals surface area contributed by atoms with Gasteiger partial charge in [-0.15, -0.1) is 0 Å². The third kappa shape index (κ3) is 4.95. The van der Waals surface area contributed by atoms with Crippen LogP contribution in [-0.4, -0.2) is 16.5 Å². The molecule has 0 spiro atoms. The number of nitrogen functional groups attached to an aromatic ring is 2. The molecular weight excluding hydrogens is 338 g/mol. The van der Waals surface area contributed by atoms with E-state index >= 15 is 0 Å². The molecule has 6 heteroatoms. The Balaban J connectivity index is 1.79. The third-order valence-electron chi connectivity index (χ3n) is 4.13. The fourth-order valence-corrected chi connectivity index (χ4v) is 2.83. The van der Waals surface area contributed by atoms with E-state index in [1.54, 1.807) is 0 Å². The summed E-state index contributed by atoms with van der Waals surface area (Å²) in [5.41, 5.74) is 16.5. The Hall–Kier alpha value is -3.12. The number of nitrogens with two attached hydrogens (primary N) is 2. The lowest BCUT2D eigenvalue weighted by Crippen LogP contribution is -2.08. The summed E-state index contributed by atoms with van der Waals surface area (Å²) in [5.74, 6) is 0.505. The van der Waals surface area contributed by atoms with Crippen molar-refractivity contribution in [1.29, 1.82) is 0 Å². The minimum absolute atomic E-state index is 0.149. The van der Waals surface area contributed by atoms with Gasteiger partial charge in [-0.1, -0.05) is 49.4 Å². The monoisotopic (exact) mass is 363 g/mol. The topological polar surface area (TPSA) is 99.1 Å². The molecule has 1 aromatic heterocycles. The number of anilines is 3. The maximum Gasteiger partial charge on any atom is 0.222 e. The van der Waals surface area contributed by atoms with Crippen LogP contribution in [0.15, 0.2) is 54.6 Å². The molecule has 0 bridgehead atoms. The molecule has 5 N–H and O–H groups in total. The number of benzene rings is 2. The summed E-state index contributed by atoms with van der Waals surface area (Å²) in [6, 6.07) is 18.0. The zero-order valence-corrected chi connectivity index (χ0v) is 15.5. The van der Waals surface area contributed by atoms with E-state index in [1.807, 2.05) is 54.6 Å². The highest BCUT2D eigenvalue weighted by atomic mass is 16.5. The van der Waals surface area contributed by atoms with Crippen LogP contribution in [0.5, 0.6) is 0 Å². The van der Waals surface area contributed by atoms with E-state index in [1.165, 1.54) is 0 Å². The summed E-state index contributed by atoms with van der Waals surface area (Å²) in [4.78, 5) is 8.48. The fourth-order valence-electron chi connectivity index (χ4n) is 2.83. The van der Waals surface area contributed by atoms with Crippen molar-refractivity contribution >= 4 is 17.5 Å². The van der Waals surface area contributed by atoms with Crippen LogP contribution in [0.3, 0.4) is 0 Å². The van der Waals surface area contributed by atoms with Crippen molar-refractivity contribution in [3.05, 3.63) is 65.9 Å². The zero-order valence-electron chi connectivity index (χ0n) is 15.5. The van der Waals surface area contributed by atoms with E-state index in [0.29, 0.717) is 24.7 Å². The number of hydrogen-bond donors (Lipinski definition) is 3. The van der Waals surface area contributed by atoms with Gasteiger partial charge in [0, 0.05) is 17.8 Å². The predicted octanol–water partition coefficient (Wildman–Crippen LogP) is 3.85. The van der Waals surface area contributed by atoms with Crippen LogP contribution in [0.4, 0.5) is 17.5 Å². The Morgan fingerprint density at radius 1 is 0.926 bits per heavy atom. The number of hydrogen-bond acceptors (Lipinski definition) is 6. The molecule has 1 heterocycles. The Bertz CT molecular complexity index is 866. The average Bonchev–Trinajstić information content (AvgIpc) is 2.67.